The predicted octanol–water partition coefficient (Wildman–Crippen LogP) is 0.868. The molecule has 0 radical (unpaired) electrons. The van der Waals surface area contributed by atoms with E-state index in [1.165, 1.54) is 0 Å². The van der Waals surface area contributed by atoms with E-state index in [1.54, 1.807) is 19.1 Å². The third kappa shape index (κ3) is 1.86. The quantitative estimate of drug-likeness (QED) is 0.719. The van der Waals surface area contributed by atoms with Gasteiger partial charge in [-0.15, -0.1) is 0 Å². The lowest BCUT2D eigenvalue weighted by atomic mass is 10.3. The average molecular weight is 197 g/mol. The highest BCUT2D eigenvalue weighted by Gasteiger charge is 2.12. The highest BCUT2D eigenvalue weighted by atomic mass is 16.5. The number of aromatic nitrogens is 2. The van der Waals surface area contributed by atoms with Crippen LogP contribution in [0.2, 0.25) is 0 Å². The molecule has 5 nitrogen and oxygen atoms in total. The van der Waals surface area contributed by atoms with Crippen LogP contribution in [-0.2, 0) is 0 Å². The van der Waals surface area contributed by atoms with E-state index in [-0.39, 0.29) is 0 Å². The molecule has 0 amide bonds. The summed E-state index contributed by atoms with van der Waals surface area (Å²) in [7, 11) is 6.88. The van der Waals surface area contributed by atoms with Crippen LogP contribution in [0.4, 0.5) is 5.95 Å². The topological polar surface area (TPSA) is 47.5 Å². The molecule has 78 valence electrons. The molecular weight excluding hydrogens is 182 g/mol. The highest BCUT2D eigenvalue weighted by Crippen LogP contribution is 2.25. The monoisotopic (exact) mass is 197 g/mol. The number of hydrogen-bond acceptors (Lipinski definition) is 5. The lowest BCUT2D eigenvalue weighted by Crippen LogP contribution is -2.14. The van der Waals surface area contributed by atoms with Gasteiger partial charge in [0.15, 0.2) is 0 Å². The maximum absolute atomic E-state index is 5.12. The normalized spacial score (nSPS) is 9.79. The summed E-state index contributed by atoms with van der Waals surface area (Å²) in [5, 5.41) is 0. The first-order valence-corrected chi connectivity index (χ1v) is 4.24. The van der Waals surface area contributed by atoms with Crippen LogP contribution in [0.15, 0.2) is 0 Å². The Bertz CT molecular complexity index is 301. The van der Waals surface area contributed by atoms with Crippen molar-refractivity contribution in [3.63, 3.8) is 0 Å². The molecule has 0 spiro atoms. The van der Waals surface area contributed by atoms with Crippen molar-refractivity contribution in [2.45, 2.75) is 6.92 Å². The summed E-state index contributed by atoms with van der Waals surface area (Å²) in [5.41, 5.74) is 0.806. The molecule has 0 atom stereocenters. The Kier molecular flexibility index (Phi) is 3.11. The van der Waals surface area contributed by atoms with Gasteiger partial charge in [-0.05, 0) is 6.92 Å². The molecule has 0 fully saturated rings. The molecule has 5 heteroatoms. The van der Waals surface area contributed by atoms with Crippen molar-refractivity contribution in [1.29, 1.82) is 0 Å². The molecule has 0 unspecified atom stereocenters. The summed E-state index contributed by atoms with van der Waals surface area (Å²) in [6.07, 6.45) is 0. The molecule has 0 aliphatic heterocycles. The molecule has 1 heterocycles. The Morgan fingerprint density at radius 1 is 1.00 bits per heavy atom. The summed E-state index contributed by atoms with van der Waals surface area (Å²) in [6.45, 7) is 1.86. The Morgan fingerprint density at radius 3 is 1.71 bits per heavy atom. The van der Waals surface area contributed by atoms with E-state index < -0.39 is 0 Å². The van der Waals surface area contributed by atoms with Gasteiger partial charge in [0.1, 0.15) is 0 Å². The molecule has 1 aromatic rings. The number of hydrogen-bond donors (Lipinski definition) is 0. The van der Waals surface area contributed by atoms with E-state index in [1.807, 2.05) is 21.0 Å². The van der Waals surface area contributed by atoms with Crippen LogP contribution in [0.3, 0.4) is 0 Å². The van der Waals surface area contributed by atoms with Gasteiger partial charge < -0.3 is 14.4 Å². The van der Waals surface area contributed by atoms with E-state index in [0.717, 1.165) is 5.56 Å². The number of ether oxygens (including phenoxy) is 2. The molecular formula is C9H15N3O2. The van der Waals surface area contributed by atoms with Crippen molar-refractivity contribution in [3.05, 3.63) is 5.56 Å². The first-order chi connectivity index (χ1) is 6.60. The van der Waals surface area contributed by atoms with Crippen molar-refractivity contribution < 1.29 is 9.47 Å². The van der Waals surface area contributed by atoms with Gasteiger partial charge in [-0.2, -0.15) is 9.97 Å². The summed E-state index contributed by atoms with van der Waals surface area (Å²) >= 11 is 0. The van der Waals surface area contributed by atoms with E-state index in [9.17, 15) is 0 Å². The van der Waals surface area contributed by atoms with Crippen molar-refractivity contribution >= 4 is 5.95 Å². The van der Waals surface area contributed by atoms with Crippen LogP contribution in [-0.4, -0.2) is 38.3 Å². The Labute approximate surface area is 83.7 Å². The molecule has 1 rings (SSSR count). The average Bonchev–Trinajstić information content (AvgIpc) is 2.17. The summed E-state index contributed by atoms with van der Waals surface area (Å²) in [4.78, 5) is 10.2. The Morgan fingerprint density at radius 2 is 1.43 bits per heavy atom. The fraction of sp³-hybridized carbons (Fsp3) is 0.556. The van der Waals surface area contributed by atoms with Crippen LogP contribution in [0.25, 0.3) is 0 Å². The van der Waals surface area contributed by atoms with Gasteiger partial charge in [0.2, 0.25) is 17.7 Å². The summed E-state index contributed by atoms with van der Waals surface area (Å²) in [6, 6.07) is 0. The smallest absolute Gasteiger partial charge is 0.231 e. The molecule has 0 N–H and O–H groups in total. The minimum Gasteiger partial charge on any atom is -0.481 e. The van der Waals surface area contributed by atoms with Crippen LogP contribution in [0, 0.1) is 6.92 Å². The van der Waals surface area contributed by atoms with Crippen molar-refractivity contribution in [2.24, 2.45) is 0 Å². The lowest BCUT2D eigenvalue weighted by molar-refractivity contribution is 0.366. The molecule has 0 aliphatic rings. The van der Waals surface area contributed by atoms with Gasteiger partial charge in [-0.3, -0.25) is 0 Å². The Balaban J connectivity index is 3.25. The van der Waals surface area contributed by atoms with E-state index in [2.05, 4.69) is 9.97 Å². The number of anilines is 1. The number of rotatable bonds is 3. The van der Waals surface area contributed by atoms with Gasteiger partial charge in [0.25, 0.3) is 0 Å². The third-order valence-corrected chi connectivity index (χ3v) is 1.83. The van der Waals surface area contributed by atoms with Crippen molar-refractivity contribution in [2.75, 3.05) is 33.2 Å². The standard InChI is InChI=1S/C9H15N3O2/c1-6-7(13-4)10-9(12(2)3)11-8(6)14-5/h1-5H3. The molecule has 0 saturated carbocycles. The molecule has 0 saturated heterocycles. The van der Waals surface area contributed by atoms with Crippen molar-refractivity contribution in [1.82, 2.24) is 9.97 Å². The third-order valence-electron chi connectivity index (χ3n) is 1.83. The van der Waals surface area contributed by atoms with E-state index in [0.29, 0.717) is 17.7 Å². The molecule has 0 aromatic carbocycles. The summed E-state index contributed by atoms with van der Waals surface area (Å²) in [5.74, 6) is 1.66. The van der Waals surface area contributed by atoms with Gasteiger partial charge in [-0.25, -0.2) is 0 Å². The molecule has 14 heavy (non-hydrogen) atoms. The lowest BCUT2D eigenvalue weighted by Gasteiger charge is -2.14. The predicted molar refractivity (Wildman–Crippen MR) is 54.2 cm³/mol. The second kappa shape index (κ2) is 4.13. The zero-order valence-electron chi connectivity index (χ0n) is 9.16. The molecule has 0 bridgehead atoms. The highest BCUT2D eigenvalue weighted by molar-refractivity contribution is 5.41. The van der Waals surface area contributed by atoms with Crippen LogP contribution in [0.1, 0.15) is 5.56 Å². The second-order valence-electron chi connectivity index (χ2n) is 3.06. The van der Waals surface area contributed by atoms with E-state index in [4.69, 9.17) is 9.47 Å². The maximum Gasteiger partial charge on any atom is 0.231 e. The second-order valence-corrected chi connectivity index (χ2v) is 3.06. The van der Waals surface area contributed by atoms with Crippen LogP contribution < -0.4 is 14.4 Å². The molecule has 1 aromatic heterocycles. The van der Waals surface area contributed by atoms with Gasteiger partial charge in [0.05, 0.1) is 19.8 Å². The zero-order valence-corrected chi connectivity index (χ0v) is 9.16. The fourth-order valence-corrected chi connectivity index (χ4v) is 1.06. The van der Waals surface area contributed by atoms with Gasteiger partial charge >= 0.3 is 0 Å². The zero-order chi connectivity index (χ0) is 10.7. The van der Waals surface area contributed by atoms with Crippen molar-refractivity contribution in [3.8, 4) is 11.8 Å². The van der Waals surface area contributed by atoms with Crippen LogP contribution >= 0.6 is 0 Å². The minimum absolute atomic E-state index is 0.542. The van der Waals surface area contributed by atoms with Crippen LogP contribution in [0.5, 0.6) is 11.8 Å². The maximum atomic E-state index is 5.12. The molecule has 0 aliphatic carbocycles. The number of methoxy groups -OCH3 is 2. The van der Waals surface area contributed by atoms with Gasteiger partial charge in [0, 0.05) is 14.1 Å². The fourth-order valence-electron chi connectivity index (χ4n) is 1.06. The first-order valence-electron chi connectivity index (χ1n) is 4.24. The van der Waals surface area contributed by atoms with Gasteiger partial charge in [-0.1, -0.05) is 0 Å². The summed E-state index contributed by atoms with van der Waals surface area (Å²) < 4.78 is 10.2. The SMILES string of the molecule is COc1nc(N(C)C)nc(OC)c1C. The minimum atomic E-state index is 0.542. The number of nitrogens with zero attached hydrogens (tertiary/aromatic N) is 3. The largest absolute Gasteiger partial charge is 0.481 e. The first kappa shape index (κ1) is 10.6. The van der Waals surface area contributed by atoms with E-state index >= 15 is 0 Å². The Hall–Kier alpha value is -1.52.